The molecule has 3 heteroatoms. The van der Waals surface area contributed by atoms with E-state index in [4.69, 9.17) is 9.90 Å². The van der Waals surface area contributed by atoms with Crippen molar-refractivity contribution in [3.63, 3.8) is 0 Å². The third-order valence-electron chi connectivity index (χ3n) is 0.167. The Bertz CT molecular complexity index is 59.8. The van der Waals surface area contributed by atoms with Crippen LogP contribution in [-0.2, 0) is 32.3 Å². The molecular formula is C3H3NbO2. The third kappa shape index (κ3) is 9.04. The average Bonchev–Trinajstić information content (AvgIpc) is 1.38. The molecule has 0 aromatic heterocycles. The fraction of sp³-hybridized carbons (Fsp3) is 0. The number of carbonyl (C=O) groups excluding carboxylic acids is 1. The summed E-state index contributed by atoms with van der Waals surface area (Å²) < 4.78 is 0. The molecule has 0 aliphatic rings. The van der Waals surface area contributed by atoms with Crippen LogP contribution < -0.4 is 0 Å². The van der Waals surface area contributed by atoms with Crippen LogP contribution in [0.25, 0.3) is 0 Å². The molecule has 0 unspecified atom stereocenters. The second-order valence-corrected chi connectivity index (χ2v) is 0.523. The van der Waals surface area contributed by atoms with Crippen molar-refractivity contribution in [3.05, 3.63) is 12.7 Å². The second kappa shape index (κ2) is 4.95. The molecule has 0 atom stereocenters. The maximum Gasteiger partial charge on any atom is 0.378 e. The molecular weight excluding hydrogens is 161 g/mol. The normalized spacial score (nSPS) is 5.33. The molecule has 0 saturated heterocycles. The van der Waals surface area contributed by atoms with E-state index in [1.807, 2.05) is 0 Å². The van der Waals surface area contributed by atoms with Gasteiger partial charge in [-0.3, -0.25) is 0 Å². The van der Waals surface area contributed by atoms with Crippen molar-refractivity contribution >= 4 is 5.97 Å². The molecule has 2 radical (unpaired) electrons. The van der Waals surface area contributed by atoms with Crippen molar-refractivity contribution in [1.82, 2.24) is 0 Å². The summed E-state index contributed by atoms with van der Waals surface area (Å²) in [6.07, 6.45) is 0.722. The number of hydrogen-bond acceptors (Lipinski definition) is 1. The van der Waals surface area contributed by atoms with Crippen LogP contribution in [-0.4, -0.2) is 5.97 Å². The van der Waals surface area contributed by atoms with Gasteiger partial charge in [-0.05, 0) is 0 Å². The molecule has 0 aliphatic carbocycles. The van der Waals surface area contributed by atoms with Gasteiger partial charge in [-0.1, -0.05) is 6.58 Å². The van der Waals surface area contributed by atoms with E-state index in [1.165, 1.54) is 0 Å². The van der Waals surface area contributed by atoms with Crippen molar-refractivity contribution in [1.29, 1.82) is 0 Å². The molecule has 0 bridgehead atoms. The van der Waals surface area contributed by atoms with Gasteiger partial charge in [-0.2, -0.15) is 0 Å². The standard InChI is InChI=1S/C3H3O2.Nb/c1-2-3(4)5;/h2H,1H2;. The Morgan fingerprint density at radius 1 is 1.67 bits per heavy atom. The molecule has 0 fully saturated rings. The van der Waals surface area contributed by atoms with Crippen molar-refractivity contribution in [2.75, 3.05) is 0 Å². The number of rotatable bonds is 1. The van der Waals surface area contributed by atoms with Crippen LogP contribution in [0, 0.1) is 0 Å². The quantitative estimate of drug-likeness (QED) is 0.400. The monoisotopic (exact) mass is 164 g/mol. The number of carbonyl (C=O) groups is 1. The van der Waals surface area contributed by atoms with E-state index in [0.717, 1.165) is 6.08 Å². The Morgan fingerprint density at radius 3 is 1.83 bits per heavy atom. The van der Waals surface area contributed by atoms with E-state index in [2.05, 4.69) is 6.58 Å². The van der Waals surface area contributed by atoms with E-state index in [1.54, 1.807) is 0 Å². The molecule has 0 spiro atoms. The molecule has 0 aromatic carbocycles. The molecule has 2 nitrogen and oxygen atoms in total. The minimum atomic E-state index is -1.23. The van der Waals surface area contributed by atoms with Crippen LogP contribution in [0.5, 0.6) is 0 Å². The fourth-order valence-corrected chi connectivity index (χ4v) is 0. The summed E-state index contributed by atoms with van der Waals surface area (Å²) in [5.41, 5.74) is 0. The molecule has 0 heterocycles. The van der Waals surface area contributed by atoms with Gasteiger partial charge in [0.05, 0.1) is 0 Å². The van der Waals surface area contributed by atoms with Crippen LogP contribution in [0.2, 0.25) is 0 Å². The van der Waals surface area contributed by atoms with E-state index in [0.29, 0.717) is 0 Å². The molecule has 0 saturated carbocycles. The van der Waals surface area contributed by atoms with Crippen molar-refractivity contribution in [3.8, 4) is 0 Å². The van der Waals surface area contributed by atoms with E-state index < -0.39 is 5.97 Å². The Hall–Kier alpha value is -0.0497. The summed E-state index contributed by atoms with van der Waals surface area (Å²) in [7, 11) is 0. The van der Waals surface area contributed by atoms with Gasteiger partial charge in [0.15, 0.2) is 0 Å². The Kier molecular flexibility index (Phi) is 7.71. The molecule has 0 rings (SSSR count). The van der Waals surface area contributed by atoms with Gasteiger partial charge >= 0.3 is 5.97 Å². The minimum Gasteiger partial charge on any atom is -0.242 e. The maximum atomic E-state index is 9.14. The molecule has 0 aromatic rings. The Balaban J connectivity index is 0. The summed E-state index contributed by atoms with van der Waals surface area (Å²) in [6.45, 7) is 2.90. The van der Waals surface area contributed by atoms with Crippen LogP contribution >= 0.6 is 0 Å². The zero-order valence-corrected chi connectivity index (χ0v) is 5.25. The van der Waals surface area contributed by atoms with E-state index in [9.17, 15) is 0 Å². The molecule has 6 heavy (non-hydrogen) atoms. The molecule has 0 amide bonds. The predicted octanol–water partition coefficient (Wildman–Crippen LogP) is 0.127. The maximum absolute atomic E-state index is 9.14. The van der Waals surface area contributed by atoms with Gasteiger partial charge in [0.1, 0.15) is 0 Å². The summed E-state index contributed by atoms with van der Waals surface area (Å²) in [6, 6.07) is 0. The van der Waals surface area contributed by atoms with Gasteiger partial charge in [0.25, 0.3) is 0 Å². The van der Waals surface area contributed by atoms with E-state index >= 15 is 0 Å². The smallest absolute Gasteiger partial charge is 0.242 e. The number of hydrogen-bond donors (Lipinski definition) is 0. The first kappa shape index (κ1) is 9.34. The predicted molar refractivity (Wildman–Crippen MR) is 15.9 cm³/mol. The van der Waals surface area contributed by atoms with Crippen LogP contribution in [0.4, 0.5) is 0 Å². The second-order valence-electron chi connectivity index (χ2n) is 0.523. The summed E-state index contributed by atoms with van der Waals surface area (Å²) in [4.78, 5) is 9.14. The Labute approximate surface area is 51.4 Å². The zero-order chi connectivity index (χ0) is 4.28. The van der Waals surface area contributed by atoms with Crippen LogP contribution in [0.3, 0.4) is 0 Å². The zero-order valence-electron chi connectivity index (χ0n) is 3.05. The SMILES string of the molecule is C=CC([O])=O.[Nb]. The van der Waals surface area contributed by atoms with Gasteiger partial charge in [-0.25, -0.2) is 9.90 Å². The summed E-state index contributed by atoms with van der Waals surface area (Å²) in [5.74, 6) is -1.23. The average molecular weight is 164 g/mol. The fourth-order valence-electron chi connectivity index (χ4n) is 0. The van der Waals surface area contributed by atoms with Crippen LogP contribution in [0.1, 0.15) is 0 Å². The Morgan fingerprint density at radius 2 is 1.83 bits per heavy atom. The molecule has 32 valence electrons. The van der Waals surface area contributed by atoms with Crippen LogP contribution in [0.15, 0.2) is 12.7 Å². The first-order chi connectivity index (χ1) is 2.27. The molecule has 0 N–H and O–H groups in total. The summed E-state index contributed by atoms with van der Waals surface area (Å²) >= 11 is 0. The van der Waals surface area contributed by atoms with Crippen molar-refractivity contribution < 1.29 is 32.3 Å². The third-order valence-corrected chi connectivity index (χ3v) is 0.167. The van der Waals surface area contributed by atoms with Crippen molar-refractivity contribution in [2.24, 2.45) is 0 Å². The largest absolute Gasteiger partial charge is 0.378 e. The van der Waals surface area contributed by atoms with Gasteiger partial charge in [0, 0.05) is 28.5 Å². The molecule has 0 aliphatic heterocycles. The topological polar surface area (TPSA) is 37.0 Å². The van der Waals surface area contributed by atoms with Gasteiger partial charge in [0.2, 0.25) is 0 Å². The minimum absolute atomic E-state index is 0. The van der Waals surface area contributed by atoms with Gasteiger partial charge < -0.3 is 0 Å². The first-order valence-electron chi connectivity index (χ1n) is 1.11. The van der Waals surface area contributed by atoms with Crippen molar-refractivity contribution in [2.45, 2.75) is 0 Å². The van der Waals surface area contributed by atoms with Gasteiger partial charge in [-0.15, -0.1) is 0 Å². The summed E-state index contributed by atoms with van der Waals surface area (Å²) in [5, 5.41) is 9.14. The van der Waals surface area contributed by atoms with E-state index in [-0.39, 0.29) is 22.4 Å². The first-order valence-corrected chi connectivity index (χ1v) is 1.11.